The van der Waals surface area contributed by atoms with Gasteiger partial charge in [0.2, 0.25) is 5.62 Å². The molecule has 5 heteroatoms. The van der Waals surface area contributed by atoms with E-state index in [9.17, 15) is 0 Å². The first-order valence-corrected chi connectivity index (χ1v) is 15.5. The summed E-state index contributed by atoms with van der Waals surface area (Å²) in [4.78, 5) is 4.65. The lowest BCUT2D eigenvalue weighted by Crippen LogP contribution is -2.22. The van der Waals surface area contributed by atoms with Gasteiger partial charge in [-0.3, -0.25) is 4.57 Å². The standard InChI is InChI=1S/C41H30N4O/c1-3-42-41-43(2)37-19-8-9-20-38(37)45(41)29-14-10-12-27(24-29)28-13-11-21-39-33(25-28)34-26-30(22-23-40(34)46-39)44-35-17-6-4-15-31(35)32-16-5-7-18-36(32)44/h3-10,12-26H,1,11H2,2H3. The van der Waals surface area contributed by atoms with Gasteiger partial charge >= 0.3 is 0 Å². The second-order valence-corrected chi connectivity index (χ2v) is 11.7. The molecule has 1 aliphatic rings. The van der Waals surface area contributed by atoms with Crippen molar-refractivity contribution in [3.8, 4) is 11.4 Å². The zero-order valence-corrected chi connectivity index (χ0v) is 25.4. The SMILES string of the molecule is C=CN=c1n(C)c2ccccc2n1-c1cccc(C2=CCC=c3oc4ccc(-n5c6ccccc6c6ccccc65)cc4c3=C2)c1. The second kappa shape index (κ2) is 10.2. The molecule has 46 heavy (non-hydrogen) atoms. The highest BCUT2D eigenvalue weighted by Gasteiger charge is 2.15. The number of benzene rings is 5. The Morgan fingerprint density at radius 1 is 0.674 bits per heavy atom. The van der Waals surface area contributed by atoms with Crippen LogP contribution in [0.15, 0.2) is 144 Å². The molecule has 0 atom stereocenters. The van der Waals surface area contributed by atoms with E-state index >= 15 is 0 Å². The highest BCUT2D eigenvalue weighted by atomic mass is 16.3. The minimum Gasteiger partial charge on any atom is -0.456 e. The fourth-order valence-electron chi connectivity index (χ4n) is 7.08. The minimum atomic E-state index is 0.779. The molecule has 0 saturated heterocycles. The van der Waals surface area contributed by atoms with Crippen molar-refractivity contribution in [2.75, 3.05) is 0 Å². The number of nitrogens with zero attached hydrogens (tertiary/aromatic N) is 4. The molecule has 0 unspecified atom stereocenters. The van der Waals surface area contributed by atoms with Gasteiger partial charge in [-0.25, -0.2) is 4.99 Å². The van der Waals surface area contributed by atoms with E-state index in [1.165, 1.54) is 21.8 Å². The summed E-state index contributed by atoms with van der Waals surface area (Å²) in [5, 5.41) is 4.71. The quantitative estimate of drug-likeness (QED) is 0.204. The van der Waals surface area contributed by atoms with E-state index in [1.807, 2.05) is 7.05 Å². The van der Waals surface area contributed by atoms with Gasteiger partial charge in [0.05, 0.1) is 22.1 Å². The normalized spacial score (nSPS) is 13.5. The molecule has 0 radical (unpaired) electrons. The molecule has 8 aromatic rings. The summed E-state index contributed by atoms with van der Waals surface area (Å²) in [7, 11) is 2.04. The van der Waals surface area contributed by atoms with Gasteiger partial charge in [0.15, 0.2) is 0 Å². The van der Waals surface area contributed by atoms with E-state index in [4.69, 9.17) is 4.42 Å². The number of para-hydroxylation sites is 4. The lowest BCUT2D eigenvalue weighted by molar-refractivity contribution is 0.574. The molecule has 0 N–H and O–H groups in total. The minimum absolute atomic E-state index is 0.779. The van der Waals surface area contributed by atoms with E-state index in [0.717, 1.165) is 67.2 Å². The van der Waals surface area contributed by atoms with Crippen molar-refractivity contribution in [3.05, 3.63) is 156 Å². The largest absolute Gasteiger partial charge is 0.456 e. The van der Waals surface area contributed by atoms with E-state index < -0.39 is 0 Å². The van der Waals surface area contributed by atoms with Crippen LogP contribution in [0.3, 0.4) is 0 Å². The average molecular weight is 595 g/mol. The van der Waals surface area contributed by atoms with Crippen molar-refractivity contribution in [3.63, 3.8) is 0 Å². The Balaban J connectivity index is 1.22. The molecule has 0 fully saturated rings. The zero-order valence-electron chi connectivity index (χ0n) is 25.4. The topological polar surface area (TPSA) is 40.3 Å². The molecule has 0 bridgehead atoms. The number of imidazole rings is 1. The Morgan fingerprint density at radius 2 is 1.37 bits per heavy atom. The maximum Gasteiger partial charge on any atom is 0.214 e. The average Bonchev–Trinajstić information content (AvgIpc) is 3.65. The molecular formula is C41H30N4O. The number of allylic oxidation sites excluding steroid dienone is 2. The van der Waals surface area contributed by atoms with Crippen LogP contribution in [0.1, 0.15) is 12.0 Å². The molecule has 3 aromatic heterocycles. The van der Waals surface area contributed by atoms with Gasteiger partial charge in [-0.05, 0) is 84.3 Å². The molecule has 1 aliphatic carbocycles. The monoisotopic (exact) mass is 594 g/mol. The lowest BCUT2D eigenvalue weighted by atomic mass is 10.0. The van der Waals surface area contributed by atoms with Crippen molar-refractivity contribution in [2.45, 2.75) is 6.42 Å². The molecule has 3 heterocycles. The molecule has 0 amide bonds. The summed E-state index contributed by atoms with van der Waals surface area (Å²) in [5.41, 5.74) is 11.7. The molecule has 220 valence electrons. The first kappa shape index (κ1) is 26.3. The van der Waals surface area contributed by atoms with Gasteiger partial charge < -0.3 is 13.6 Å². The van der Waals surface area contributed by atoms with Crippen molar-refractivity contribution in [1.29, 1.82) is 0 Å². The van der Waals surface area contributed by atoms with Crippen LogP contribution >= 0.6 is 0 Å². The molecule has 5 nitrogen and oxygen atoms in total. The Bertz CT molecular complexity index is 2710. The van der Waals surface area contributed by atoms with Crippen LogP contribution in [-0.4, -0.2) is 13.7 Å². The Labute approximate surface area is 264 Å². The van der Waals surface area contributed by atoms with Crippen LogP contribution < -0.4 is 16.3 Å². The first-order chi connectivity index (χ1) is 22.7. The fraction of sp³-hybridized carbons (Fsp3) is 0.0488. The van der Waals surface area contributed by atoms with Gasteiger partial charge in [-0.2, -0.15) is 0 Å². The summed E-state index contributed by atoms with van der Waals surface area (Å²) in [6, 6.07) is 40.9. The molecule has 0 spiro atoms. The van der Waals surface area contributed by atoms with Crippen LogP contribution in [0.5, 0.6) is 0 Å². The van der Waals surface area contributed by atoms with Crippen molar-refractivity contribution in [1.82, 2.24) is 13.7 Å². The zero-order chi connectivity index (χ0) is 30.8. The molecule has 9 rings (SSSR count). The predicted molar refractivity (Wildman–Crippen MR) is 189 cm³/mol. The lowest BCUT2D eigenvalue weighted by Gasteiger charge is -2.09. The number of hydrogen-bond acceptors (Lipinski definition) is 2. The number of furan rings is 1. The third-order valence-corrected chi connectivity index (χ3v) is 9.15. The summed E-state index contributed by atoms with van der Waals surface area (Å²) >= 11 is 0. The van der Waals surface area contributed by atoms with Crippen LogP contribution in [0.2, 0.25) is 0 Å². The Kier molecular flexibility index (Phi) is 5.87. The smallest absolute Gasteiger partial charge is 0.214 e. The van der Waals surface area contributed by atoms with Crippen molar-refractivity contribution < 1.29 is 4.42 Å². The summed E-state index contributed by atoms with van der Waals surface area (Å²) in [6.45, 7) is 3.88. The third kappa shape index (κ3) is 3.92. The van der Waals surface area contributed by atoms with Gasteiger partial charge in [0.25, 0.3) is 0 Å². The van der Waals surface area contributed by atoms with E-state index in [2.05, 4.69) is 159 Å². The number of fused-ring (bicyclic) bond motifs is 7. The van der Waals surface area contributed by atoms with Gasteiger partial charge in [-0.15, -0.1) is 0 Å². The van der Waals surface area contributed by atoms with E-state index in [1.54, 1.807) is 6.20 Å². The maximum absolute atomic E-state index is 6.43. The summed E-state index contributed by atoms with van der Waals surface area (Å²) < 4.78 is 13.1. The van der Waals surface area contributed by atoms with Crippen LogP contribution in [0, 0.1) is 0 Å². The van der Waals surface area contributed by atoms with Crippen molar-refractivity contribution in [2.24, 2.45) is 12.0 Å². The number of aryl methyl sites for hydroxylation is 1. The van der Waals surface area contributed by atoms with Gasteiger partial charge in [0, 0.05) is 46.0 Å². The fourth-order valence-corrected chi connectivity index (χ4v) is 7.08. The highest BCUT2D eigenvalue weighted by Crippen LogP contribution is 2.32. The second-order valence-electron chi connectivity index (χ2n) is 11.7. The predicted octanol–water partition coefficient (Wildman–Crippen LogP) is 7.90. The summed E-state index contributed by atoms with van der Waals surface area (Å²) in [5.74, 6) is 0. The Morgan fingerprint density at radius 3 is 2.13 bits per heavy atom. The number of rotatable bonds is 4. The van der Waals surface area contributed by atoms with Crippen LogP contribution in [0.25, 0.3) is 72.9 Å². The first-order valence-electron chi connectivity index (χ1n) is 15.5. The van der Waals surface area contributed by atoms with E-state index in [-0.39, 0.29) is 0 Å². The molecule has 0 aliphatic heterocycles. The number of aromatic nitrogens is 3. The molecule has 5 aromatic carbocycles. The van der Waals surface area contributed by atoms with Gasteiger partial charge in [0.1, 0.15) is 11.0 Å². The van der Waals surface area contributed by atoms with Crippen LogP contribution in [-0.2, 0) is 7.05 Å². The molecular weight excluding hydrogens is 564 g/mol. The molecule has 0 saturated carbocycles. The summed E-state index contributed by atoms with van der Waals surface area (Å²) in [6.07, 6.45) is 9.12. The highest BCUT2D eigenvalue weighted by molar-refractivity contribution is 6.09. The third-order valence-electron chi connectivity index (χ3n) is 9.15. The maximum atomic E-state index is 6.43. The Hall–Kier alpha value is -6.07. The number of hydrogen-bond donors (Lipinski definition) is 0. The van der Waals surface area contributed by atoms with Crippen LogP contribution in [0.4, 0.5) is 0 Å². The van der Waals surface area contributed by atoms with Crippen molar-refractivity contribution >= 4 is 61.5 Å². The van der Waals surface area contributed by atoms with Gasteiger partial charge in [-0.1, -0.05) is 73.3 Å². The van der Waals surface area contributed by atoms with E-state index in [0.29, 0.717) is 0 Å².